The van der Waals surface area contributed by atoms with Crippen LogP contribution in [0.15, 0.2) is 67.0 Å². The van der Waals surface area contributed by atoms with E-state index in [0.29, 0.717) is 36.4 Å². The van der Waals surface area contributed by atoms with Crippen molar-refractivity contribution < 1.29 is 14.3 Å². The highest BCUT2D eigenvalue weighted by atomic mass is 16.5. The lowest BCUT2D eigenvalue weighted by molar-refractivity contribution is 0.0452. The maximum atomic E-state index is 13.2. The molecule has 31 heavy (non-hydrogen) atoms. The maximum absolute atomic E-state index is 13.2. The topological polar surface area (TPSA) is 51.5 Å². The van der Waals surface area contributed by atoms with Gasteiger partial charge in [-0.2, -0.15) is 0 Å². The number of benzene rings is 2. The number of amides is 1. The number of likely N-dealkylation sites (tertiary alicyclic amines) is 1. The van der Waals surface area contributed by atoms with E-state index in [0.717, 1.165) is 24.1 Å². The molecule has 1 saturated heterocycles. The zero-order valence-electron chi connectivity index (χ0n) is 17.7. The molecule has 1 atom stereocenters. The summed E-state index contributed by atoms with van der Waals surface area (Å²) in [6.07, 6.45) is 6.01. The van der Waals surface area contributed by atoms with Crippen LogP contribution in [0.4, 0.5) is 0 Å². The SMILES string of the molecule is Cc1ccc(C(=O)N2CCC([C@@H]3CC(=O)c4ccccc4O3)CC2)cc1-n1cccc1. The van der Waals surface area contributed by atoms with Gasteiger partial charge in [0.15, 0.2) is 5.78 Å². The highest BCUT2D eigenvalue weighted by molar-refractivity contribution is 6.00. The van der Waals surface area contributed by atoms with Gasteiger partial charge in [-0.1, -0.05) is 18.2 Å². The van der Waals surface area contributed by atoms with E-state index >= 15 is 0 Å². The fourth-order valence-corrected chi connectivity index (χ4v) is 4.73. The number of carbonyl (C=O) groups is 2. The van der Waals surface area contributed by atoms with Crippen LogP contribution in [0.25, 0.3) is 5.69 Å². The minimum atomic E-state index is -0.0978. The summed E-state index contributed by atoms with van der Waals surface area (Å²) in [5.74, 6) is 1.20. The van der Waals surface area contributed by atoms with Gasteiger partial charge in [0.05, 0.1) is 5.56 Å². The number of ketones is 1. The standard InChI is InChI=1S/C26H26N2O3/c1-18-8-9-20(16-22(18)27-12-4-5-13-27)26(30)28-14-10-19(11-15-28)25-17-23(29)21-6-2-3-7-24(21)31-25/h2-9,12-13,16,19,25H,10-11,14-15,17H2,1H3/t25-/m0/s1. The Bertz CT molecular complexity index is 1110. The Hall–Kier alpha value is -3.34. The van der Waals surface area contributed by atoms with Gasteiger partial charge in [-0.3, -0.25) is 9.59 Å². The Morgan fingerprint density at radius 2 is 1.74 bits per heavy atom. The highest BCUT2D eigenvalue weighted by Crippen LogP contribution is 2.34. The zero-order chi connectivity index (χ0) is 21.4. The molecule has 0 radical (unpaired) electrons. The molecule has 0 aliphatic carbocycles. The van der Waals surface area contributed by atoms with Gasteiger partial charge in [0.25, 0.3) is 5.91 Å². The summed E-state index contributed by atoms with van der Waals surface area (Å²) < 4.78 is 8.20. The summed E-state index contributed by atoms with van der Waals surface area (Å²) in [6, 6.07) is 17.3. The van der Waals surface area contributed by atoms with Crippen molar-refractivity contribution in [2.75, 3.05) is 13.1 Å². The van der Waals surface area contributed by atoms with Gasteiger partial charge in [-0.25, -0.2) is 0 Å². The smallest absolute Gasteiger partial charge is 0.253 e. The number of aryl methyl sites for hydroxylation is 1. The van der Waals surface area contributed by atoms with Gasteiger partial charge in [0, 0.05) is 43.2 Å². The van der Waals surface area contributed by atoms with Crippen molar-refractivity contribution in [1.82, 2.24) is 9.47 Å². The second-order valence-electron chi connectivity index (χ2n) is 8.50. The molecule has 5 rings (SSSR count). The molecular formula is C26H26N2O3. The molecule has 0 spiro atoms. The lowest BCUT2D eigenvalue weighted by Gasteiger charge is -2.37. The second kappa shape index (κ2) is 8.06. The molecule has 0 N–H and O–H groups in total. The van der Waals surface area contributed by atoms with Crippen molar-refractivity contribution in [2.45, 2.75) is 32.3 Å². The van der Waals surface area contributed by atoms with Crippen LogP contribution >= 0.6 is 0 Å². The van der Waals surface area contributed by atoms with Crippen LogP contribution in [0.2, 0.25) is 0 Å². The first-order valence-corrected chi connectivity index (χ1v) is 10.9. The molecule has 5 nitrogen and oxygen atoms in total. The third-order valence-corrected chi connectivity index (χ3v) is 6.54. The van der Waals surface area contributed by atoms with Crippen LogP contribution in [-0.4, -0.2) is 40.4 Å². The normalized spacial score (nSPS) is 19.1. The molecular weight excluding hydrogens is 388 g/mol. The first kappa shape index (κ1) is 19.6. The molecule has 1 amide bonds. The number of Topliss-reactive ketones (excluding diaryl/α,β-unsaturated/α-hetero) is 1. The van der Waals surface area contributed by atoms with E-state index in [9.17, 15) is 9.59 Å². The molecule has 3 aromatic rings. The predicted octanol–water partition coefficient (Wildman–Crippen LogP) is 4.67. The van der Waals surface area contributed by atoms with E-state index in [1.165, 1.54) is 0 Å². The predicted molar refractivity (Wildman–Crippen MR) is 119 cm³/mol. The largest absolute Gasteiger partial charge is 0.489 e. The van der Waals surface area contributed by atoms with E-state index < -0.39 is 0 Å². The number of rotatable bonds is 3. The molecule has 1 aromatic heterocycles. The minimum absolute atomic E-state index is 0.0674. The summed E-state index contributed by atoms with van der Waals surface area (Å²) in [5.41, 5.74) is 3.55. The molecule has 2 aliphatic heterocycles. The van der Waals surface area contributed by atoms with E-state index in [1.807, 2.05) is 76.5 Å². The Kier molecular flexibility index (Phi) is 5.10. The van der Waals surface area contributed by atoms with Crippen LogP contribution in [-0.2, 0) is 0 Å². The Labute approximate surface area is 182 Å². The van der Waals surface area contributed by atoms with E-state index in [2.05, 4.69) is 6.92 Å². The number of hydrogen-bond donors (Lipinski definition) is 0. The van der Waals surface area contributed by atoms with Crippen molar-refractivity contribution in [3.63, 3.8) is 0 Å². The molecule has 2 aliphatic rings. The lowest BCUT2D eigenvalue weighted by atomic mass is 9.86. The number of aromatic nitrogens is 1. The van der Waals surface area contributed by atoms with Crippen LogP contribution in [0.1, 0.15) is 45.5 Å². The average Bonchev–Trinajstić information content (AvgIpc) is 3.34. The monoisotopic (exact) mass is 414 g/mol. The van der Waals surface area contributed by atoms with Gasteiger partial charge in [0.2, 0.25) is 0 Å². The number of para-hydroxylation sites is 1. The van der Waals surface area contributed by atoms with Crippen LogP contribution in [0.3, 0.4) is 0 Å². The third-order valence-electron chi connectivity index (χ3n) is 6.54. The second-order valence-corrected chi connectivity index (χ2v) is 8.50. The third kappa shape index (κ3) is 3.76. The summed E-state index contributed by atoms with van der Waals surface area (Å²) in [7, 11) is 0. The lowest BCUT2D eigenvalue weighted by Crippen LogP contribution is -2.44. The quantitative estimate of drug-likeness (QED) is 0.626. The number of carbonyl (C=O) groups excluding carboxylic acids is 2. The molecule has 2 aromatic carbocycles. The summed E-state index contributed by atoms with van der Waals surface area (Å²) >= 11 is 0. The van der Waals surface area contributed by atoms with Crippen molar-refractivity contribution in [3.8, 4) is 11.4 Å². The fourth-order valence-electron chi connectivity index (χ4n) is 4.73. The molecule has 0 saturated carbocycles. The summed E-state index contributed by atoms with van der Waals surface area (Å²) in [4.78, 5) is 27.6. The number of hydrogen-bond acceptors (Lipinski definition) is 3. The van der Waals surface area contributed by atoms with Crippen LogP contribution in [0, 0.1) is 12.8 Å². The fraction of sp³-hybridized carbons (Fsp3) is 0.308. The first-order valence-electron chi connectivity index (χ1n) is 10.9. The van der Waals surface area contributed by atoms with Gasteiger partial charge < -0.3 is 14.2 Å². The van der Waals surface area contributed by atoms with Crippen molar-refractivity contribution in [1.29, 1.82) is 0 Å². The van der Waals surface area contributed by atoms with Gasteiger partial charge in [0.1, 0.15) is 11.9 Å². The van der Waals surface area contributed by atoms with Crippen molar-refractivity contribution in [3.05, 3.63) is 83.7 Å². The molecule has 5 heteroatoms. The molecule has 0 unspecified atom stereocenters. The summed E-state index contributed by atoms with van der Waals surface area (Å²) in [5, 5.41) is 0. The van der Waals surface area contributed by atoms with Crippen molar-refractivity contribution >= 4 is 11.7 Å². The number of ether oxygens (including phenoxy) is 1. The molecule has 1 fully saturated rings. The van der Waals surface area contributed by atoms with Gasteiger partial charge in [-0.15, -0.1) is 0 Å². The Morgan fingerprint density at radius 3 is 2.52 bits per heavy atom. The Morgan fingerprint density at radius 1 is 1.00 bits per heavy atom. The minimum Gasteiger partial charge on any atom is -0.489 e. The Balaban J connectivity index is 1.26. The average molecular weight is 415 g/mol. The number of piperidine rings is 1. The van der Waals surface area contributed by atoms with Crippen LogP contribution in [0.5, 0.6) is 5.75 Å². The van der Waals surface area contributed by atoms with E-state index in [4.69, 9.17) is 4.74 Å². The first-order chi connectivity index (χ1) is 15.1. The molecule has 0 bridgehead atoms. The van der Waals surface area contributed by atoms with Crippen molar-refractivity contribution in [2.24, 2.45) is 5.92 Å². The molecule has 158 valence electrons. The van der Waals surface area contributed by atoms with Gasteiger partial charge >= 0.3 is 0 Å². The zero-order valence-corrected chi connectivity index (χ0v) is 17.7. The molecule has 3 heterocycles. The summed E-state index contributed by atoms with van der Waals surface area (Å²) in [6.45, 7) is 3.43. The highest BCUT2D eigenvalue weighted by Gasteiger charge is 2.35. The number of nitrogens with zero attached hydrogens (tertiary/aromatic N) is 2. The maximum Gasteiger partial charge on any atom is 0.253 e. The van der Waals surface area contributed by atoms with Crippen LogP contribution < -0.4 is 4.74 Å². The van der Waals surface area contributed by atoms with E-state index in [1.54, 1.807) is 0 Å². The van der Waals surface area contributed by atoms with E-state index in [-0.39, 0.29) is 23.7 Å². The number of fused-ring (bicyclic) bond motifs is 1. The van der Waals surface area contributed by atoms with Gasteiger partial charge in [-0.05, 0) is 67.6 Å².